The van der Waals surface area contributed by atoms with E-state index in [1.807, 2.05) is 0 Å². The van der Waals surface area contributed by atoms with Crippen LogP contribution in [0.5, 0.6) is 5.75 Å². The van der Waals surface area contributed by atoms with Gasteiger partial charge in [0, 0.05) is 0 Å². The summed E-state index contributed by atoms with van der Waals surface area (Å²) in [6.07, 6.45) is 16.7. The van der Waals surface area contributed by atoms with Crippen LogP contribution in [-0.4, -0.2) is 6.61 Å². The number of hydrogen-bond donors (Lipinski definition) is 0. The van der Waals surface area contributed by atoms with Gasteiger partial charge in [-0.2, -0.15) is 4.39 Å². The monoisotopic (exact) mass is 390 g/mol. The Bertz CT molecular complexity index is 636. The number of halogens is 2. The highest BCUT2D eigenvalue weighted by Crippen LogP contribution is 2.45. The van der Waals surface area contributed by atoms with Crippen LogP contribution in [0.3, 0.4) is 0 Å². The smallest absolute Gasteiger partial charge is 0.200 e. The van der Waals surface area contributed by atoms with E-state index in [0.717, 1.165) is 23.7 Å². The van der Waals surface area contributed by atoms with Crippen LogP contribution in [0.25, 0.3) is 0 Å². The molecule has 3 aliphatic rings. The zero-order valence-electron chi connectivity index (χ0n) is 17.4. The van der Waals surface area contributed by atoms with Crippen LogP contribution < -0.4 is 4.74 Å². The molecule has 4 rings (SSSR count). The molecule has 0 N–H and O–H groups in total. The average molecular weight is 391 g/mol. The van der Waals surface area contributed by atoms with Gasteiger partial charge >= 0.3 is 0 Å². The molecule has 28 heavy (non-hydrogen) atoms. The van der Waals surface area contributed by atoms with Gasteiger partial charge in [0.25, 0.3) is 0 Å². The topological polar surface area (TPSA) is 9.23 Å². The van der Waals surface area contributed by atoms with Crippen molar-refractivity contribution in [2.24, 2.45) is 29.6 Å². The molecule has 1 aromatic rings. The second kappa shape index (κ2) is 9.13. The van der Waals surface area contributed by atoms with E-state index in [0.29, 0.717) is 18.1 Å². The molecule has 0 unspecified atom stereocenters. The first-order valence-corrected chi connectivity index (χ1v) is 11.7. The molecule has 0 spiro atoms. The summed E-state index contributed by atoms with van der Waals surface area (Å²) in [6.45, 7) is 2.09. The molecule has 3 aliphatic carbocycles. The standard InChI is InChI=1S/C25H36F2O/c1-17-6-15-23(25(27)24(17)26)28-16-18-7-9-20(10-8-18)22-13-11-21(12-14-22)19-4-2-3-5-19/h6,15,18-22H,2-5,7-14,16H2,1H3. The second-order valence-electron chi connectivity index (χ2n) is 9.82. The lowest BCUT2D eigenvalue weighted by atomic mass is 9.67. The number of hydrogen-bond acceptors (Lipinski definition) is 1. The third-order valence-electron chi connectivity index (χ3n) is 8.16. The summed E-state index contributed by atoms with van der Waals surface area (Å²) in [6, 6.07) is 3.15. The first-order chi connectivity index (χ1) is 13.6. The highest BCUT2D eigenvalue weighted by atomic mass is 19.2. The first-order valence-electron chi connectivity index (χ1n) is 11.7. The molecular weight excluding hydrogens is 354 g/mol. The number of rotatable bonds is 5. The fourth-order valence-corrected chi connectivity index (χ4v) is 6.29. The van der Waals surface area contributed by atoms with E-state index in [1.165, 1.54) is 77.0 Å². The maximum absolute atomic E-state index is 14.0. The van der Waals surface area contributed by atoms with Crippen LogP contribution >= 0.6 is 0 Å². The van der Waals surface area contributed by atoms with Crippen LogP contribution in [0.1, 0.15) is 82.6 Å². The lowest BCUT2D eigenvalue weighted by Crippen LogP contribution is -2.29. The van der Waals surface area contributed by atoms with Gasteiger partial charge in [0.05, 0.1) is 6.61 Å². The number of benzene rings is 1. The zero-order valence-corrected chi connectivity index (χ0v) is 17.4. The molecule has 1 nitrogen and oxygen atoms in total. The van der Waals surface area contributed by atoms with Crippen molar-refractivity contribution in [1.29, 1.82) is 0 Å². The molecule has 0 bridgehead atoms. The van der Waals surface area contributed by atoms with Crippen molar-refractivity contribution in [3.63, 3.8) is 0 Å². The molecule has 0 radical (unpaired) electrons. The van der Waals surface area contributed by atoms with Crippen molar-refractivity contribution in [1.82, 2.24) is 0 Å². The van der Waals surface area contributed by atoms with Crippen molar-refractivity contribution >= 4 is 0 Å². The van der Waals surface area contributed by atoms with Crippen molar-refractivity contribution in [2.45, 2.75) is 84.0 Å². The quantitative estimate of drug-likeness (QED) is 0.507. The van der Waals surface area contributed by atoms with Crippen LogP contribution in [0, 0.1) is 48.1 Å². The molecule has 0 atom stereocenters. The van der Waals surface area contributed by atoms with Gasteiger partial charge in [-0.25, -0.2) is 4.39 Å². The van der Waals surface area contributed by atoms with Gasteiger partial charge in [-0.15, -0.1) is 0 Å². The maximum atomic E-state index is 14.0. The van der Waals surface area contributed by atoms with Gasteiger partial charge in [-0.05, 0) is 99.5 Å². The fraction of sp³-hybridized carbons (Fsp3) is 0.760. The van der Waals surface area contributed by atoms with E-state index in [9.17, 15) is 8.78 Å². The molecule has 3 fully saturated rings. The van der Waals surface area contributed by atoms with Gasteiger partial charge in [0.1, 0.15) is 0 Å². The molecule has 0 amide bonds. The average Bonchev–Trinajstić information content (AvgIpc) is 3.27. The summed E-state index contributed by atoms with van der Waals surface area (Å²) < 4.78 is 33.3. The molecule has 1 aromatic carbocycles. The van der Waals surface area contributed by atoms with Gasteiger partial charge < -0.3 is 4.74 Å². The van der Waals surface area contributed by atoms with Crippen LogP contribution in [-0.2, 0) is 0 Å². The Balaban J connectivity index is 1.19. The minimum absolute atomic E-state index is 0.0652. The molecular formula is C25H36F2O. The summed E-state index contributed by atoms with van der Waals surface area (Å²) >= 11 is 0. The molecule has 0 aliphatic heterocycles. The molecule has 156 valence electrons. The van der Waals surface area contributed by atoms with Gasteiger partial charge in [0.2, 0.25) is 5.82 Å². The van der Waals surface area contributed by atoms with Crippen LogP contribution in [0.2, 0.25) is 0 Å². The van der Waals surface area contributed by atoms with Crippen LogP contribution in [0.15, 0.2) is 12.1 Å². The first kappa shape index (κ1) is 20.2. The van der Waals surface area contributed by atoms with E-state index in [2.05, 4.69) is 0 Å². The Hall–Kier alpha value is -1.12. The Morgan fingerprint density at radius 2 is 1.21 bits per heavy atom. The molecule has 3 saturated carbocycles. The van der Waals surface area contributed by atoms with E-state index in [4.69, 9.17) is 4.74 Å². The summed E-state index contributed by atoms with van der Waals surface area (Å²) in [5, 5.41) is 0. The Morgan fingerprint density at radius 1 is 0.714 bits per heavy atom. The van der Waals surface area contributed by atoms with Crippen molar-refractivity contribution in [3.8, 4) is 5.75 Å². The molecule has 0 heterocycles. The third-order valence-corrected chi connectivity index (χ3v) is 8.16. The molecule has 3 heteroatoms. The highest BCUT2D eigenvalue weighted by Gasteiger charge is 2.34. The summed E-state index contributed by atoms with van der Waals surface area (Å²) in [5.74, 6) is 2.80. The summed E-state index contributed by atoms with van der Waals surface area (Å²) in [7, 11) is 0. The maximum Gasteiger partial charge on any atom is 0.200 e. The Morgan fingerprint density at radius 3 is 1.79 bits per heavy atom. The zero-order chi connectivity index (χ0) is 19.5. The Kier molecular flexibility index (Phi) is 6.58. The van der Waals surface area contributed by atoms with Gasteiger partial charge in [0.15, 0.2) is 11.6 Å². The Labute approximate surface area is 169 Å². The van der Waals surface area contributed by atoms with E-state index in [-0.39, 0.29) is 5.75 Å². The minimum atomic E-state index is -0.840. The van der Waals surface area contributed by atoms with E-state index < -0.39 is 11.6 Å². The molecule has 0 aromatic heterocycles. The fourth-order valence-electron chi connectivity index (χ4n) is 6.29. The number of aryl methyl sites for hydroxylation is 1. The van der Waals surface area contributed by atoms with Crippen molar-refractivity contribution in [3.05, 3.63) is 29.3 Å². The van der Waals surface area contributed by atoms with Crippen molar-refractivity contribution < 1.29 is 13.5 Å². The predicted octanol–water partition coefficient (Wildman–Crippen LogP) is 7.46. The third kappa shape index (κ3) is 4.54. The van der Waals surface area contributed by atoms with Crippen LogP contribution in [0.4, 0.5) is 8.78 Å². The largest absolute Gasteiger partial charge is 0.490 e. The number of ether oxygens (including phenoxy) is 1. The van der Waals surface area contributed by atoms with Gasteiger partial charge in [-0.1, -0.05) is 31.7 Å². The highest BCUT2D eigenvalue weighted by molar-refractivity contribution is 5.30. The lowest BCUT2D eigenvalue weighted by Gasteiger charge is -2.39. The van der Waals surface area contributed by atoms with Gasteiger partial charge in [-0.3, -0.25) is 0 Å². The lowest BCUT2D eigenvalue weighted by molar-refractivity contribution is 0.110. The minimum Gasteiger partial charge on any atom is -0.490 e. The summed E-state index contributed by atoms with van der Waals surface area (Å²) in [5.41, 5.74) is 0.327. The second-order valence-corrected chi connectivity index (χ2v) is 9.82. The van der Waals surface area contributed by atoms with E-state index >= 15 is 0 Å². The SMILES string of the molecule is Cc1ccc(OCC2CCC(C3CCC(C4CCCC4)CC3)CC2)c(F)c1F. The predicted molar refractivity (Wildman–Crippen MR) is 109 cm³/mol. The summed E-state index contributed by atoms with van der Waals surface area (Å²) in [4.78, 5) is 0. The normalized spacial score (nSPS) is 31.8. The molecule has 0 saturated heterocycles. The van der Waals surface area contributed by atoms with Crippen molar-refractivity contribution in [2.75, 3.05) is 6.61 Å². The van der Waals surface area contributed by atoms with E-state index in [1.54, 1.807) is 19.1 Å².